The molecule has 1 rings (SSSR count). The number of halogens is 2. The minimum absolute atomic E-state index is 0.0412. The summed E-state index contributed by atoms with van der Waals surface area (Å²) in [6.45, 7) is 0.0412. The Labute approximate surface area is 111 Å². The third kappa shape index (κ3) is 4.33. The minimum Gasteiger partial charge on any atom is -0.466 e. The summed E-state index contributed by atoms with van der Waals surface area (Å²) < 4.78 is 10.7. The highest BCUT2D eigenvalue weighted by Crippen LogP contribution is 2.33. The molecule has 1 aromatic carbocycles. The van der Waals surface area contributed by atoms with E-state index in [4.69, 9.17) is 21.1 Å². The molecule has 0 saturated heterocycles. The van der Waals surface area contributed by atoms with Gasteiger partial charge in [-0.15, -0.1) is 0 Å². The lowest BCUT2D eigenvalue weighted by molar-refractivity contribution is -0.400. The summed E-state index contributed by atoms with van der Waals surface area (Å²) in [4.78, 5) is 9.72. The van der Waals surface area contributed by atoms with Gasteiger partial charge >= 0.3 is 0 Å². The summed E-state index contributed by atoms with van der Waals surface area (Å²) in [6, 6.07) is 3.20. The number of hydrogen-bond acceptors (Lipinski definition) is 4. The van der Waals surface area contributed by atoms with Crippen molar-refractivity contribution < 1.29 is 14.4 Å². The Morgan fingerprint density at radius 1 is 1.59 bits per heavy atom. The van der Waals surface area contributed by atoms with Crippen molar-refractivity contribution in [3.8, 4) is 5.75 Å². The zero-order valence-electron chi connectivity index (χ0n) is 8.85. The van der Waals surface area contributed by atoms with Crippen LogP contribution in [-0.4, -0.2) is 18.8 Å². The first kappa shape index (κ1) is 14.0. The van der Waals surface area contributed by atoms with E-state index in [9.17, 15) is 10.1 Å². The molecule has 0 atom stereocenters. The molecule has 7 heteroatoms. The van der Waals surface area contributed by atoms with E-state index in [1.165, 1.54) is 13.2 Å². The maximum atomic E-state index is 10.3. The highest BCUT2D eigenvalue weighted by Gasteiger charge is 2.09. The summed E-state index contributed by atoms with van der Waals surface area (Å²) in [5, 5.41) is 10.7. The monoisotopic (exact) mass is 321 g/mol. The van der Waals surface area contributed by atoms with E-state index < -0.39 is 4.92 Å². The molecule has 0 aromatic heterocycles. The molecule has 0 heterocycles. The number of nitro groups is 1. The van der Waals surface area contributed by atoms with Crippen LogP contribution in [0.5, 0.6) is 5.75 Å². The normalized spacial score (nSPS) is 10.8. The van der Waals surface area contributed by atoms with Gasteiger partial charge < -0.3 is 9.47 Å². The summed E-state index contributed by atoms with van der Waals surface area (Å²) in [7, 11) is 1.48. The van der Waals surface area contributed by atoms with E-state index in [0.717, 1.165) is 6.20 Å². The Balaban J connectivity index is 3.10. The van der Waals surface area contributed by atoms with E-state index in [0.29, 0.717) is 20.8 Å². The Hall–Kier alpha value is -1.11. The van der Waals surface area contributed by atoms with E-state index in [1.807, 2.05) is 0 Å². The van der Waals surface area contributed by atoms with Gasteiger partial charge in [-0.2, -0.15) is 0 Å². The molecule has 17 heavy (non-hydrogen) atoms. The first-order chi connectivity index (χ1) is 8.04. The number of ether oxygens (including phenoxy) is 2. The molecule has 1 aromatic rings. The SMILES string of the molecule is COCOc1c(Br)cc(Cl)cc1C=C[N+](=O)[O-]. The molecule has 0 aliphatic carbocycles. The summed E-state index contributed by atoms with van der Waals surface area (Å²) in [6.07, 6.45) is 2.12. The van der Waals surface area contributed by atoms with Crippen LogP contribution >= 0.6 is 27.5 Å². The molecule has 0 fully saturated rings. The zero-order chi connectivity index (χ0) is 12.8. The smallest absolute Gasteiger partial charge is 0.235 e. The fourth-order valence-corrected chi connectivity index (χ4v) is 2.06. The number of hydrogen-bond donors (Lipinski definition) is 0. The molecule has 0 unspecified atom stereocenters. The van der Waals surface area contributed by atoms with Crippen molar-refractivity contribution in [1.82, 2.24) is 0 Å². The lowest BCUT2D eigenvalue weighted by Crippen LogP contribution is -2.01. The van der Waals surface area contributed by atoms with Crippen molar-refractivity contribution in [2.75, 3.05) is 13.9 Å². The number of rotatable bonds is 5. The van der Waals surface area contributed by atoms with Crippen molar-refractivity contribution >= 4 is 33.6 Å². The van der Waals surface area contributed by atoms with Gasteiger partial charge in [0, 0.05) is 23.8 Å². The van der Waals surface area contributed by atoms with Gasteiger partial charge in [0.1, 0.15) is 5.75 Å². The van der Waals surface area contributed by atoms with E-state index in [-0.39, 0.29) is 6.79 Å². The molecular formula is C10H9BrClNO4. The summed E-state index contributed by atoms with van der Waals surface area (Å²) >= 11 is 9.12. The van der Waals surface area contributed by atoms with Crippen molar-refractivity contribution in [1.29, 1.82) is 0 Å². The van der Waals surface area contributed by atoms with Crippen molar-refractivity contribution in [3.63, 3.8) is 0 Å². The lowest BCUT2D eigenvalue weighted by Gasteiger charge is -2.10. The van der Waals surface area contributed by atoms with Crippen LogP contribution < -0.4 is 4.74 Å². The zero-order valence-corrected chi connectivity index (χ0v) is 11.2. The third-order valence-electron chi connectivity index (χ3n) is 1.73. The second kappa shape index (κ2) is 6.58. The number of nitrogens with zero attached hydrogens (tertiary/aromatic N) is 1. The van der Waals surface area contributed by atoms with Gasteiger partial charge in [-0.1, -0.05) is 11.6 Å². The predicted octanol–water partition coefficient (Wildman–Crippen LogP) is 3.33. The maximum Gasteiger partial charge on any atom is 0.235 e. The second-order valence-electron chi connectivity index (χ2n) is 2.96. The van der Waals surface area contributed by atoms with Crippen LogP contribution in [0.15, 0.2) is 22.8 Å². The largest absolute Gasteiger partial charge is 0.466 e. The van der Waals surface area contributed by atoms with Gasteiger partial charge in [0.05, 0.1) is 9.40 Å². The average Bonchev–Trinajstić information content (AvgIpc) is 2.24. The van der Waals surface area contributed by atoms with Gasteiger partial charge in [-0.3, -0.25) is 10.1 Å². The molecule has 5 nitrogen and oxygen atoms in total. The summed E-state index contributed by atoms with van der Waals surface area (Å²) in [5.41, 5.74) is 0.498. The first-order valence-corrected chi connectivity index (χ1v) is 5.64. The van der Waals surface area contributed by atoms with Gasteiger partial charge in [0.25, 0.3) is 0 Å². The first-order valence-electron chi connectivity index (χ1n) is 4.47. The minimum atomic E-state index is -0.561. The van der Waals surface area contributed by atoms with Crippen molar-refractivity contribution in [2.24, 2.45) is 0 Å². The van der Waals surface area contributed by atoms with Crippen LogP contribution in [0.25, 0.3) is 6.08 Å². The summed E-state index contributed by atoms with van der Waals surface area (Å²) in [5.74, 6) is 0.439. The van der Waals surface area contributed by atoms with Gasteiger partial charge in [-0.25, -0.2) is 0 Å². The fraction of sp³-hybridized carbons (Fsp3) is 0.200. The Morgan fingerprint density at radius 3 is 2.88 bits per heavy atom. The van der Waals surface area contributed by atoms with Gasteiger partial charge in [0.15, 0.2) is 6.79 Å². The molecule has 0 radical (unpaired) electrons. The van der Waals surface area contributed by atoms with E-state index in [2.05, 4.69) is 15.9 Å². The molecule has 0 aliphatic rings. The molecular weight excluding hydrogens is 313 g/mol. The van der Waals surface area contributed by atoms with Crippen molar-refractivity contribution in [2.45, 2.75) is 0 Å². The Kier molecular flexibility index (Phi) is 5.40. The van der Waals surface area contributed by atoms with Crippen LogP contribution in [0.1, 0.15) is 5.56 Å². The molecule has 0 saturated carbocycles. The highest BCUT2D eigenvalue weighted by atomic mass is 79.9. The average molecular weight is 323 g/mol. The predicted molar refractivity (Wildman–Crippen MR) is 67.7 cm³/mol. The molecule has 0 aliphatic heterocycles. The van der Waals surface area contributed by atoms with Crippen LogP contribution in [0.4, 0.5) is 0 Å². The topological polar surface area (TPSA) is 61.6 Å². The second-order valence-corrected chi connectivity index (χ2v) is 4.25. The van der Waals surface area contributed by atoms with Gasteiger partial charge in [-0.05, 0) is 28.1 Å². The van der Waals surface area contributed by atoms with E-state index >= 15 is 0 Å². The molecule has 0 bridgehead atoms. The Morgan fingerprint density at radius 2 is 2.29 bits per heavy atom. The van der Waals surface area contributed by atoms with E-state index in [1.54, 1.807) is 12.1 Å². The standard InChI is InChI=1S/C10H9BrClNO4/c1-16-6-17-10-7(2-3-13(14)15)4-8(12)5-9(10)11/h2-5H,6H2,1H3. The van der Waals surface area contributed by atoms with Crippen LogP contribution in [0.3, 0.4) is 0 Å². The quantitative estimate of drug-likeness (QED) is 0.474. The highest BCUT2D eigenvalue weighted by molar-refractivity contribution is 9.10. The number of methoxy groups -OCH3 is 1. The fourth-order valence-electron chi connectivity index (χ4n) is 1.12. The van der Waals surface area contributed by atoms with Crippen LogP contribution in [0, 0.1) is 10.1 Å². The van der Waals surface area contributed by atoms with Crippen LogP contribution in [-0.2, 0) is 4.74 Å². The Bertz CT molecular complexity index is 450. The van der Waals surface area contributed by atoms with Crippen molar-refractivity contribution in [3.05, 3.63) is 43.5 Å². The van der Waals surface area contributed by atoms with Crippen LogP contribution in [0.2, 0.25) is 5.02 Å². The third-order valence-corrected chi connectivity index (χ3v) is 2.54. The van der Waals surface area contributed by atoms with Gasteiger partial charge in [0.2, 0.25) is 6.20 Å². The lowest BCUT2D eigenvalue weighted by atomic mass is 10.2. The molecule has 0 amide bonds. The number of benzene rings is 1. The molecule has 0 N–H and O–H groups in total. The maximum absolute atomic E-state index is 10.3. The molecule has 92 valence electrons. The molecule has 0 spiro atoms.